The molecular formula is C13H16ClFN4. The van der Waals surface area contributed by atoms with Crippen molar-refractivity contribution in [2.24, 2.45) is 0 Å². The highest BCUT2D eigenvalue weighted by Crippen LogP contribution is 2.20. The van der Waals surface area contributed by atoms with Gasteiger partial charge in [0.1, 0.15) is 16.8 Å². The predicted octanol–water partition coefficient (Wildman–Crippen LogP) is 3.93. The molecule has 0 spiro atoms. The lowest BCUT2D eigenvalue weighted by Crippen LogP contribution is -2.00. The van der Waals surface area contributed by atoms with Crippen molar-refractivity contribution in [2.75, 3.05) is 11.1 Å². The van der Waals surface area contributed by atoms with Crippen molar-refractivity contribution in [1.29, 1.82) is 0 Å². The molecule has 0 bridgehead atoms. The highest BCUT2D eigenvalue weighted by molar-refractivity contribution is 6.29. The van der Waals surface area contributed by atoms with E-state index in [0.29, 0.717) is 17.1 Å². The molecule has 3 N–H and O–H groups in total. The zero-order valence-electron chi connectivity index (χ0n) is 11.0. The van der Waals surface area contributed by atoms with Gasteiger partial charge in [-0.15, -0.1) is 0 Å². The highest BCUT2D eigenvalue weighted by Gasteiger charge is 2.03. The molecule has 0 unspecified atom stereocenters. The van der Waals surface area contributed by atoms with E-state index in [9.17, 15) is 4.39 Å². The van der Waals surface area contributed by atoms with Crippen LogP contribution in [0.1, 0.15) is 19.4 Å². The first-order valence-corrected chi connectivity index (χ1v) is 6.25. The first-order valence-electron chi connectivity index (χ1n) is 5.88. The van der Waals surface area contributed by atoms with E-state index in [0.717, 1.165) is 0 Å². The third-order valence-corrected chi connectivity index (χ3v) is 2.35. The van der Waals surface area contributed by atoms with Crippen LogP contribution in [0.5, 0.6) is 0 Å². The van der Waals surface area contributed by atoms with Crippen molar-refractivity contribution in [3.63, 3.8) is 0 Å². The quantitative estimate of drug-likeness (QED) is 0.819. The average Bonchev–Trinajstić information content (AvgIpc) is 2.35. The molecule has 6 heteroatoms. The first kappa shape index (κ1) is 15.2. The molecular weight excluding hydrogens is 267 g/mol. The van der Waals surface area contributed by atoms with Crippen molar-refractivity contribution >= 4 is 29.1 Å². The van der Waals surface area contributed by atoms with Crippen LogP contribution in [0, 0.1) is 12.7 Å². The lowest BCUT2D eigenvalue weighted by Gasteiger charge is -2.07. The molecule has 2 rings (SSSR count). The molecule has 0 amide bonds. The van der Waals surface area contributed by atoms with Gasteiger partial charge >= 0.3 is 0 Å². The Hall–Kier alpha value is -1.88. The van der Waals surface area contributed by atoms with Gasteiger partial charge in [0.25, 0.3) is 0 Å². The summed E-state index contributed by atoms with van der Waals surface area (Å²) in [5, 5.41) is 3.13. The summed E-state index contributed by atoms with van der Waals surface area (Å²) in [4.78, 5) is 7.66. The van der Waals surface area contributed by atoms with Crippen LogP contribution in [0.2, 0.25) is 5.15 Å². The van der Waals surface area contributed by atoms with Crippen LogP contribution < -0.4 is 11.1 Å². The van der Waals surface area contributed by atoms with E-state index in [-0.39, 0.29) is 16.9 Å². The van der Waals surface area contributed by atoms with E-state index < -0.39 is 0 Å². The number of aryl methyl sites for hydroxylation is 1. The van der Waals surface area contributed by atoms with Crippen LogP contribution in [0.25, 0.3) is 0 Å². The summed E-state index contributed by atoms with van der Waals surface area (Å²) < 4.78 is 13.3. The molecule has 0 aliphatic heterocycles. The fourth-order valence-electron chi connectivity index (χ4n) is 1.32. The molecule has 0 radical (unpaired) electrons. The number of nitrogen functional groups attached to an aromatic ring is 1. The lowest BCUT2D eigenvalue weighted by atomic mass is 10.2. The second-order valence-electron chi connectivity index (χ2n) is 3.52. The maximum absolute atomic E-state index is 13.3. The fraction of sp³-hybridized carbons (Fsp3) is 0.231. The lowest BCUT2D eigenvalue weighted by molar-refractivity contribution is 0.619. The maximum atomic E-state index is 13.3. The first-order chi connectivity index (χ1) is 9.04. The number of nitrogens with two attached hydrogens (primary N) is 1. The highest BCUT2D eigenvalue weighted by atomic mass is 35.5. The topological polar surface area (TPSA) is 63.8 Å². The molecule has 102 valence electrons. The van der Waals surface area contributed by atoms with Crippen LogP contribution in [0.3, 0.4) is 0 Å². The smallest absolute Gasteiger partial charge is 0.223 e. The molecule has 1 heterocycles. The number of nitrogens with zero attached hydrogens (tertiary/aromatic N) is 2. The van der Waals surface area contributed by atoms with E-state index in [1.165, 1.54) is 12.1 Å². The second kappa shape index (κ2) is 6.89. The summed E-state index contributed by atoms with van der Waals surface area (Å²) in [6.45, 7) is 5.69. The Morgan fingerprint density at radius 2 is 1.89 bits per heavy atom. The summed E-state index contributed by atoms with van der Waals surface area (Å²) in [7, 11) is 0. The second-order valence-corrected chi connectivity index (χ2v) is 3.91. The van der Waals surface area contributed by atoms with Gasteiger partial charge in [0.2, 0.25) is 5.95 Å². The van der Waals surface area contributed by atoms with Crippen molar-refractivity contribution < 1.29 is 4.39 Å². The Morgan fingerprint density at radius 3 is 2.47 bits per heavy atom. The van der Waals surface area contributed by atoms with E-state index in [1.54, 1.807) is 19.1 Å². The molecule has 19 heavy (non-hydrogen) atoms. The van der Waals surface area contributed by atoms with E-state index in [1.807, 2.05) is 13.8 Å². The van der Waals surface area contributed by atoms with Crippen LogP contribution in [0.4, 0.5) is 21.8 Å². The standard InChI is InChI=1S/C11H10ClFN4.C2H6/c1-6-2-3-7(4-8(6)13)15-10-5-9(12)16-11(14)17-10;1-2/h2-5H,1H3,(H3,14,15,16,17);1-2H3. The number of hydrogen-bond donors (Lipinski definition) is 2. The SMILES string of the molecule is CC.Cc1ccc(Nc2cc(Cl)nc(N)n2)cc1F. The Balaban J connectivity index is 0.000000861. The van der Waals surface area contributed by atoms with Crippen LogP contribution >= 0.6 is 11.6 Å². The Labute approximate surface area is 116 Å². The van der Waals surface area contributed by atoms with Gasteiger partial charge < -0.3 is 11.1 Å². The van der Waals surface area contributed by atoms with Gasteiger partial charge in [-0.1, -0.05) is 31.5 Å². The van der Waals surface area contributed by atoms with Crippen molar-refractivity contribution in [3.8, 4) is 0 Å². The Bertz CT molecular complexity index is 540. The zero-order valence-corrected chi connectivity index (χ0v) is 11.8. The van der Waals surface area contributed by atoms with Gasteiger partial charge in [-0.25, -0.2) is 9.37 Å². The van der Waals surface area contributed by atoms with E-state index >= 15 is 0 Å². The van der Waals surface area contributed by atoms with Gasteiger partial charge in [-0.05, 0) is 24.6 Å². The van der Waals surface area contributed by atoms with Crippen molar-refractivity contribution in [2.45, 2.75) is 20.8 Å². The summed E-state index contributed by atoms with van der Waals surface area (Å²) in [5.41, 5.74) is 6.60. The largest absolute Gasteiger partial charge is 0.368 e. The third kappa shape index (κ3) is 4.37. The molecule has 0 fully saturated rings. The van der Waals surface area contributed by atoms with Gasteiger partial charge in [-0.2, -0.15) is 4.98 Å². The third-order valence-electron chi connectivity index (χ3n) is 2.16. The summed E-state index contributed by atoms with van der Waals surface area (Å²) in [6, 6.07) is 6.30. The molecule has 2 aromatic rings. The molecule has 0 saturated carbocycles. The number of nitrogens with one attached hydrogen (secondary N) is 1. The Kier molecular flexibility index (Phi) is 5.51. The molecule has 0 aliphatic rings. The minimum Gasteiger partial charge on any atom is -0.368 e. The monoisotopic (exact) mass is 282 g/mol. The van der Waals surface area contributed by atoms with Crippen LogP contribution in [0.15, 0.2) is 24.3 Å². The number of rotatable bonds is 2. The number of hydrogen-bond acceptors (Lipinski definition) is 4. The van der Waals surface area contributed by atoms with E-state index in [2.05, 4.69) is 15.3 Å². The number of halogens is 2. The summed E-state index contributed by atoms with van der Waals surface area (Å²) in [6.07, 6.45) is 0. The summed E-state index contributed by atoms with van der Waals surface area (Å²) >= 11 is 5.73. The van der Waals surface area contributed by atoms with Gasteiger partial charge in [0.05, 0.1) is 0 Å². The number of benzene rings is 1. The van der Waals surface area contributed by atoms with Gasteiger partial charge in [0, 0.05) is 11.8 Å². The van der Waals surface area contributed by atoms with Gasteiger partial charge in [0.15, 0.2) is 0 Å². The Morgan fingerprint density at radius 1 is 1.21 bits per heavy atom. The van der Waals surface area contributed by atoms with Crippen LogP contribution in [-0.2, 0) is 0 Å². The van der Waals surface area contributed by atoms with E-state index in [4.69, 9.17) is 17.3 Å². The van der Waals surface area contributed by atoms with Crippen molar-refractivity contribution in [3.05, 3.63) is 40.8 Å². The minimum absolute atomic E-state index is 0.0626. The predicted molar refractivity (Wildman–Crippen MR) is 77.2 cm³/mol. The normalized spacial score (nSPS) is 9.53. The average molecular weight is 283 g/mol. The minimum atomic E-state index is -0.289. The molecule has 0 aliphatic carbocycles. The molecule has 0 atom stereocenters. The number of aromatic nitrogens is 2. The van der Waals surface area contributed by atoms with Crippen LogP contribution in [-0.4, -0.2) is 9.97 Å². The summed E-state index contributed by atoms with van der Waals surface area (Å²) in [5.74, 6) is 0.196. The molecule has 4 nitrogen and oxygen atoms in total. The maximum Gasteiger partial charge on any atom is 0.223 e. The molecule has 1 aromatic heterocycles. The molecule has 0 saturated heterocycles. The van der Waals surface area contributed by atoms with Gasteiger partial charge in [-0.3, -0.25) is 0 Å². The fourth-order valence-corrected chi connectivity index (χ4v) is 1.51. The molecule has 1 aromatic carbocycles. The van der Waals surface area contributed by atoms with Crippen molar-refractivity contribution in [1.82, 2.24) is 9.97 Å². The number of anilines is 3. The zero-order chi connectivity index (χ0) is 14.4.